The number of hydrogen-bond acceptors (Lipinski definition) is 0. The van der Waals surface area contributed by atoms with Gasteiger partial charge in [0.05, 0.1) is 0 Å². The van der Waals surface area contributed by atoms with Gasteiger partial charge >= 0.3 is 0 Å². The first kappa shape index (κ1) is 8.62. The molecular weight excluding hydrogens is 144 g/mol. The predicted molar refractivity (Wildman–Crippen MR) is 53.7 cm³/mol. The molecule has 0 spiro atoms. The first-order chi connectivity index (χ1) is 5.74. The minimum absolute atomic E-state index is 1.05. The molecule has 1 rings (SSSR count). The van der Waals surface area contributed by atoms with E-state index in [2.05, 4.69) is 24.5 Å². The van der Waals surface area contributed by atoms with E-state index in [0.717, 1.165) is 16.7 Å². The number of hydrogen-bond donors (Lipinski definition) is 0. The van der Waals surface area contributed by atoms with Gasteiger partial charge in [-0.15, -0.1) is 5.92 Å². The molecule has 0 atom stereocenters. The summed E-state index contributed by atoms with van der Waals surface area (Å²) in [4.78, 5) is 0. The van der Waals surface area contributed by atoms with E-state index in [1.165, 1.54) is 0 Å². The van der Waals surface area contributed by atoms with Crippen molar-refractivity contribution in [1.82, 2.24) is 0 Å². The highest BCUT2D eigenvalue weighted by atomic mass is 14.0. The molecule has 60 valence electrons. The molecule has 0 aliphatic heterocycles. The van der Waals surface area contributed by atoms with E-state index < -0.39 is 0 Å². The minimum atomic E-state index is 1.05. The normalized spacial score (nSPS) is 8.50. The molecule has 0 aliphatic rings. The van der Waals surface area contributed by atoms with Crippen molar-refractivity contribution < 1.29 is 0 Å². The molecule has 0 aromatic heterocycles. The van der Waals surface area contributed by atoms with Gasteiger partial charge in [-0.05, 0) is 31.5 Å². The second kappa shape index (κ2) is 3.78. The highest BCUT2D eigenvalue weighted by molar-refractivity contribution is 5.62. The Labute approximate surface area is 73.9 Å². The van der Waals surface area contributed by atoms with Crippen LogP contribution in [0.5, 0.6) is 0 Å². The van der Waals surface area contributed by atoms with Crippen molar-refractivity contribution >= 4 is 5.57 Å². The molecule has 1 aromatic rings. The zero-order valence-electron chi connectivity index (χ0n) is 7.52. The molecule has 1 aromatic carbocycles. The molecule has 0 N–H and O–H groups in total. The molecule has 0 fully saturated rings. The lowest BCUT2D eigenvalue weighted by atomic mass is 10.1. The van der Waals surface area contributed by atoms with E-state index in [0.29, 0.717) is 0 Å². The molecule has 12 heavy (non-hydrogen) atoms. The van der Waals surface area contributed by atoms with Crippen LogP contribution in [0.25, 0.3) is 5.57 Å². The van der Waals surface area contributed by atoms with Crippen LogP contribution >= 0.6 is 0 Å². The minimum Gasteiger partial charge on any atom is -0.101 e. The van der Waals surface area contributed by atoms with Crippen molar-refractivity contribution in [2.75, 3.05) is 0 Å². The summed E-state index contributed by atoms with van der Waals surface area (Å²) in [5.41, 5.74) is 3.29. The van der Waals surface area contributed by atoms with Crippen LogP contribution in [0.1, 0.15) is 25.0 Å². The summed E-state index contributed by atoms with van der Waals surface area (Å²) in [5.74, 6) is 5.88. The zero-order chi connectivity index (χ0) is 8.97. The fourth-order valence-electron chi connectivity index (χ4n) is 1.01. The number of allylic oxidation sites excluding steroid dienone is 1. The third-order valence-corrected chi connectivity index (χ3v) is 1.62. The average molecular weight is 156 g/mol. The monoisotopic (exact) mass is 156 g/mol. The molecule has 0 saturated heterocycles. The molecule has 0 saturated carbocycles. The Morgan fingerprint density at radius 3 is 2.75 bits per heavy atom. The van der Waals surface area contributed by atoms with Gasteiger partial charge in [0.15, 0.2) is 0 Å². The molecule has 0 unspecified atom stereocenters. The summed E-state index contributed by atoms with van der Waals surface area (Å²) in [6.07, 6.45) is 0. The summed E-state index contributed by atoms with van der Waals surface area (Å²) >= 11 is 0. The van der Waals surface area contributed by atoms with Crippen LogP contribution < -0.4 is 0 Å². The Morgan fingerprint density at radius 1 is 1.42 bits per heavy atom. The van der Waals surface area contributed by atoms with Gasteiger partial charge in [0.25, 0.3) is 0 Å². The third-order valence-electron chi connectivity index (χ3n) is 1.62. The Morgan fingerprint density at radius 2 is 2.17 bits per heavy atom. The second-order valence-electron chi connectivity index (χ2n) is 2.74. The SMILES string of the molecule is C=C(C)c1cccc(C#CC)c1. The first-order valence-corrected chi connectivity index (χ1v) is 3.92. The summed E-state index contributed by atoms with van der Waals surface area (Å²) in [7, 11) is 0. The van der Waals surface area contributed by atoms with E-state index in [9.17, 15) is 0 Å². The molecule has 0 radical (unpaired) electrons. The van der Waals surface area contributed by atoms with Crippen LogP contribution in [0.3, 0.4) is 0 Å². The van der Waals surface area contributed by atoms with Gasteiger partial charge in [-0.1, -0.05) is 30.2 Å². The third kappa shape index (κ3) is 2.00. The second-order valence-corrected chi connectivity index (χ2v) is 2.74. The Bertz CT molecular complexity index is 348. The first-order valence-electron chi connectivity index (χ1n) is 3.92. The maximum atomic E-state index is 3.88. The van der Waals surface area contributed by atoms with E-state index in [1.54, 1.807) is 0 Å². The lowest BCUT2D eigenvalue weighted by molar-refractivity contribution is 1.55. The molecule has 0 amide bonds. The van der Waals surface area contributed by atoms with Crippen molar-refractivity contribution in [3.8, 4) is 11.8 Å². The molecule has 0 nitrogen and oxygen atoms in total. The topological polar surface area (TPSA) is 0 Å². The van der Waals surface area contributed by atoms with Crippen LogP contribution in [0.2, 0.25) is 0 Å². The average Bonchev–Trinajstić information content (AvgIpc) is 2.05. The van der Waals surface area contributed by atoms with E-state index in [-0.39, 0.29) is 0 Å². The molecule has 0 heterocycles. The summed E-state index contributed by atoms with van der Waals surface area (Å²) < 4.78 is 0. The van der Waals surface area contributed by atoms with Crippen molar-refractivity contribution in [2.24, 2.45) is 0 Å². The predicted octanol–water partition coefficient (Wildman–Crippen LogP) is 3.09. The van der Waals surface area contributed by atoms with Crippen molar-refractivity contribution in [1.29, 1.82) is 0 Å². The highest BCUT2D eigenvalue weighted by Gasteiger charge is 1.92. The van der Waals surface area contributed by atoms with E-state index in [4.69, 9.17) is 0 Å². The van der Waals surface area contributed by atoms with Gasteiger partial charge in [0.2, 0.25) is 0 Å². The highest BCUT2D eigenvalue weighted by Crippen LogP contribution is 2.12. The van der Waals surface area contributed by atoms with Gasteiger partial charge in [-0.2, -0.15) is 0 Å². The van der Waals surface area contributed by atoms with Gasteiger partial charge in [0, 0.05) is 5.56 Å². The Hall–Kier alpha value is -1.48. The smallest absolute Gasteiger partial charge is 0.0251 e. The fourth-order valence-corrected chi connectivity index (χ4v) is 1.01. The van der Waals surface area contributed by atoms with Crippen molar-refractivity contribution in [2.45, 2.75) is 13.8 Å². The van der Waals surface area contributed by atoms with Crippen LogP contribution in [-0.2, 0) is 0 Å². The van der Waals surface area contributed by atoms with E-state index >= 15 is 0 Å². The number of rotatable bonds is 1. The summed E-state index contributed by atoms with van der Waals surface area (Å²) in [5, 5.41) is 0. The number of benzene rings is 1. The van der Waals surface area contributed by atoms with Crippen LogP contribution in [0.4, 0.5) is 0 Å². The maximum absolute atomic E-state index is 3.88. The standard InChI is InChI=1S/C12H12/c1-4-6-11-7-5-8-12(9-11)10(2)3/h5,7-9H,2H2,1,3H3. The van der Waals surface area contributed by atoms with Crippen LogP contribution in [0.15, 0.2) is 30.8 Å². The summed E-state index contributed by atoms with van der Waals surface area (Å²) in [6.45, 7) is 7.72. The molecule has 0 bridgehead atoms. The van der Waals surface area contributed by atoms with Gasteiger partial charge in [-0.3, -0.25) is 0 Å². The quantitative estimate of drug-likeness (QED) is 0.548. The molecule has 0 heteroatoms. The van der Waals surface area contributed by atoms with Gasteiger partial charge < -0.3 is 0 Å². The van der Waals surface area contributed by atoms with Gasteiger partial charge in [0.1, 0.15) is 0 Å². The summed E-state index contributed by atoms with van der Waals surface area (Å²) in [6, 6.07) is 8.11. The Balaban J connectivity index is 3.09. The van der Waals surface area contributed by atoms with Crippen LogP contribution in [0, 0.1) is 11.8 Å². The van der Waals surface area contributed by atoms with Crippen molar-refractivity contribution in [3.05, 3.63) is 42.0 Å². The molecular formula is C12H12. The fraction of sp³-hybridized carbons (Fsp3) is 0.167. The lowest BCUT2D eigenvalue weighted by Crippen LogP contribution is -1.79. The molecule has 0 aliphatic carbocycles. The zero-order valence-corrected chi connectivity index (χ0v) is 7.52. The maximum Gasteiger partial charge on any atom is 0.0251 e. The van der Waals surface area contributed by atoms with Crippen molar-refractivity contribution in [3.63, 3.8) is 0 Å². The van der Waals surface area contributed by atoms with E-state index in [1.807, 2.05) is 32.0 Å². The lowest BCUT2D eigenvalue weighted by Gasteiger charge is -1.98. The van der Waals surface area contributed by atoms with Crippen LogP contribution in [-0.4, -0.2) is 0 Å². The van der Waals surface area contributed by atoms with Gasteiger partial charge in [-0.25, -0.2) is 0 Å². The Kier molecular flexibility index (Phi) is 2.71. The largest absolute Gasteiger partial charge is 0.101 e.